The Labute approximate surface area is 193 Å². The number of nitrogens with zero attached hydrogens (tertiary/aromatic N) is 2. The molecule has 0 aliphatic carbocycles. The largest absolute Gasteiger partial charge is 0.326 e. The van der Waals surface area contributed by atoms with Crippen LogP contribution in [0.2, 0.25) is 0 Å². The third kappa shape index (κ3) is 5.37. The van der Waals surface area contributed by atoms with Crippen molar-refractivity contribution in [2.45, 2.75) is 47.6 Å². The number of carbonyl (C=O) groups is 2. The van der Waals surface area contributed by atoms with Crippen LogP contribution in [0.25, 0.3) is 11.3 Å². The third-order valence-electron chi connectivity index (χ3n) is 5.75. The number of amides is 2. The van der Waals surface area contributed by atoms with E-state index in [9.17, 15) is 14.4 Å². The van der Waals surface area contributed by atoms with Crippen molar-refractivity contribution in [1.82, 2.24) is 9.78 Å². The van der Waals surface area contributed by atoms with Crippen molar-refractivity contribution in [3.8, 4) is 11.3 Å². The molecule has 1 heterocycles. The van der Waals surface area contributed by atoms with Crippen molar-refractivity contribution < 1.29 is 9.59 Å². The lowest BCUT2D eigenvalue weighted by Gasteiger charge is -2.17. The molecule has 2 aromatic carbocycles. The van der Waals surface area contributed by atoms with Crippen molar-refractivity contribution >= 4 is 23.2 Å². The van der Waals surface area contributed by atoms with E-state index in [0.29, 0.717) is 17.1 Å². The van der Waals surface area contributed by atoms with E-state index in [1.807, 2.05) is 71.0 Å². The second kappa shape index (κ2) is 9.81. The Morgan fingerprint density at radius 1 is 0.848 bits per heavy atom. The first-order valence-electron chi connectivity index (χ1n) is 11.0. The van der Waals surface area contributed by atoms with Gasteiger partial charge in [0.25, 0.3) is 5.56 Å². The standard InChI is InChI=1S/C26H30N4O3/c1-15(2)25(32)28-23-14-20(11-10-17(23)4)22-12-13-24(31)30(29-22)19(6)26(33)27-21-9-7-8-16(3)18(21)5/h7-15,19H,1-6H3,(H,27,33)(H,28,32)/t19-/m0/s1. The van der Waals surface area contributed by atoms with Gasteiger partial charge < -0.3 is 10.6 Å². The van der Waals surface area contributed by atoms with Gasteiger partial charge in [0.15, 0.2) is 0 Å². The molecule has 0 saturated carbocycles. The number of carbonyl (C=O) groups excluding carboxylic acids is 2. The van der Waals surface area contributed by atoms with E-state index in [1.165, 1.54) is 10.7 Å². The van der Waals surface area contributed by atoms with Gasteiger partial charge in [-0.3, -0.25) is 14.4 Å². The lowest BCUT2D eigenvalue weighted by molar-refractivity contribution is -0.119. The summed E-state index contributed by atoms with van der Waals surface area (Å²) in [7, 11) is 0. The SMILES string of the molecule is Cc1ccc(-c2ccc(=O)n([C@@H](C)C(=O)Nc3cccc(C)c3C)n2)cc1NC(=O)C(C)C. The zero-order chi connectivity index (χ0) is 24.3. The molecule has 0 aliphatic rings. The van der Waals surface area contributed by atoms with Crippen molar-refractivity contribution in [2.24, 2.45) is 5.92 Å². The summed E-state index contributed by atoms with van der Waals surface area (Å²) < 4.78 is 1.18. The predicted octanol–water partition coefficient (Wildman–Crippen LogP) is 4.63. The summed E-state index contributed by atoms with van der Waals surface area (Å²) in [6.07, 6.45) is 0. The quantitative estimate of drug-likeness (QED) is 0.577. The molecular weight excluding hydrogens is 416 g/mol. The van der Waals surface area contributed by atoms with E-state index in [2.05, 4.69) is 15.7 Å². The minimum Gasteiger partial charge on any atom is -0.326 e. The lowest BCUT2D eigenvalue weighted by atomic mass is 10.1. The number of aryl methyl sites for hydroxylation is 2. The first-order chi connectivity index (χ1) is 15.6. The maximum absolute atomic E-state index is 12.9. The third-order valence-corrected chi connectivity index (χ3v) is 5.75. The van der Waals surface area contributed by atoms with Gasteiger partial charge in [0.1, 0.15) is 6.04 Å². The number of hydrogen-bond acceptors (Lipinski definition) is 4. The molecule has 2 N–H and O–H groups in total. The summed E-state index contributed by atoms with van der Waals surface area (Å²) >= 11 is 0. The van der Waals surface area contributed by atoms with Gasteiger partial charge in [-0.15, -0.1) is 0 Å². The summed E-state index contributed by atoms with van der Waals surface area (Å²) in [6, 6.07) is 13.5. The van der Waals surface area contributed by atoms with Crippen LogP contribution in [0.3, 0.4) is 0 Å². The summed E-state index contributed by atoms with van der Waals surface area (Å²) in [5, 5.41) is 10.3. The van der Waals surface area contributed by atoms with Gasteiger partial charge in [0, 0.05) is 28.9 Å². The molecule has 7 heteroatoms. The molecule has 3 aromatic rings. The smallest absolute Gasteiger partial charge is 0.267 e. The second-order valence-corrected chi connectivity index (χ2v) is 8.59. The van der Waals surface area contributed by atoms with Gasteiger partial charge in [-0.2, -0.15) is 5.10 Å². The van der Waals surface area contributed by atoms with Crippen LogP contribution in [-0.2, 0) is 9.59 Å². The monoisotopic (exact) mass is 446 g/mol. The highest BCUT2D eigenvalue weighted by Gasteiger charge is 2.19. The molecule has 7 nitrogen and oxygen atoms in total. The summed E-state index contributed by atoms with van der Waals surface area (Å²) in [5.74, 6) is -0.557. The van der Waals surface area contributed by atoms with Gasteiger partial charge in [-0.05, 0) is 62.6 Å². The Bertz CT molecular complexity index is 1260. The highest BCUT2D eigenvalue weighted by molar-refractivity contribution is 5.94. The van der Waals surface area contributed by atoms with E-state index in [1.54, 1.807) is 13.0 Å². The molecule has 0 unspecified atom stereocenters. The maximum Gasteiger partial charge on any atom is 0.267 e. The maximum atomic E-state index is 12.9. The first kappa shape index (κ1) is 23.9. The van der Waals surface area contributed by atoms with Gasteiger partial charge in [-0.1, -0.05) is 38.1 Å². The van der Waals surface area contributed by atoms with Gasteiger partial charge >= 0.3 is 0 Å². The molecule has 0 bridgehead atoms. The first-order valence-corrected chi connectivity index (χ1v) is 11.0. The van der Waals surface area contributed by atoms with E-state index in [-0.39, 0.29) is 23.3 Å². The molecule has 0 spiro atoms. The van der Waals surface area contributed by atoms with Crippen LogP contribution in [-0.4, -0.2) is 21.6 Å². The lowest BCUT2D eigenvalue weighted by Crippen LogP contribution is -2.33. The number of benzene rings is 2. The Morgan fingerprint density at radius 2 is 1.55 bits per heavy atom. The molecule has 2 amide bonds. The van der Waals surface area contributed by atoms with Gasteiger partial charge in [0.2, 0.25) is 11.8 Å². The summed E-state index contributed by atoms with van der Waals surface area (Å²) in [6.45, 7) is 11.1. The van der Waals surface area contributed by atoms with Crippen molar-refractivity contribution in [1.29, 1.82) is 0 Å². The number of anilines is 2. The molecule has 0 fully saturated rings. The Kier molecular flexibility index (Phi) is 7.11. The van der Waals surface area contributed by atoms with E-state index in [4.69, 9.17) is 0 Å². The fourth-order valence-corrected chi connectivity index (χ4v) is 3.28. The van der Waals surface area contributed by atoms with E-state index < -0.39 is 6.04 Å². The van der Waals surface area contributed by atoms with Gasteiger partial charge in [-0.25, -0.2) is 4.68 Å². The Hall–Kier alpha value is -3.74. The predicted molar refractivity (Wildman–Crippen MR) is 131 cm³/mol. The van der Waals surface area contributed by atoms with Crippen LogP contribution in [0.15, 0.2) is 53.3 Å². The minimum absolute atomic E-state index is 0.0788. The highest BCUT2D eigenvalue weighted by Crippen LogP contribution is 2.25. The van der Waals surface area contributed by atoms with Crippen LogP contribution in [0, 0.1) is 26.7 Å². The van der Waals surface area contributed by atoms with Crippen molar-refractivity contribution in [3.05, 3.63) is 75.6 Å². The van der Waals surface area contributed by atoms with Crippen LogP contribution in [0.5, 0.6) is 0 Å². The fourth-order valence-electron chi connectivity index (χ4n) is 3.28. The average molecular weight is 447 g/mol. The molecule has 172 valence electrons. The van der Waals surface area contributed by atoms with Crippen LogP contribution < -0.4 is 16.2 Å². The van der Waals surface area contributed by atoms with Crippen LogP contribution >= 0.6 is 0 Å². The Balaban J connectivity index is 1.90. The van der Waals surface area contributed by atoms with E-state index in [0.717, 1.165) is 22.3 Å². The molecule has 33 heavy (non-hydrogen) atoms. The number of hydrogen-bond donors (Lipinski definition) is 2. The molecule has 1 atom stereocenters. The van der Waals surface area contributed by atoms with Crippen LogP contribution in [0.1, 0.15) is 43.5 Å². The zero-order valence-electron chi connectivity index (χ0n) is 19.9. The average Bonchev–Trinajstić information content (AvgIpc) is 2.78. The van der Waals surface area contributed by atoms with Crippen molar-refractivity contribution in [3.63, 3.8) is 0 Å². The zero-order valence-corrected chi connectivity index (χ0v) is 19.9. The second-order valence-electron chi connectivity index (χ2n) is 8.59. The summed E-state index contributed by atoms with van der Waals surface area (Å²) in [5.41, 5.74) is 5.24. The molecule has 3 rings (SSSR count). The molecule has 1 aromatic heterocycles. The number of aromatic nitrogens is 2. The molecule has 0 radical (unpaired) electrons. The number of rotatable bonds is 6. The fraction of sp³-hybridized carbons (Fsp3) is 0.308. The topological polar surface area (TPSA) is 93.1 Å². The normalized spacial score (nSPS) is 11.8. The molecule has 0 aliphatic heterocycles. The number of nitrogens with one attached hydrogen (secondary N) is 2. The summed E-state index contributed by atoms with van der Waals surface area (Å²) in [4.78, 5) is 37.6. The van der Waals surface area contributed by atoms with Gasteiger partial charge in [0.05, 0.1) is 5.69 Å². The highest BCUT2D eigenvalue weighted by atomic mass is 16.2. The Morgan fingerprint density at radius 3 is 2.24 bits per heavy atom. The molecular formula is C26H30N4O3. The van der Waals surface area contributed by atoms with Crippen molar-refractivity contribution in [2.75, 3.05) is 10.6 Å². The van der Waals surface area contributed by atoms with E-state index >= 15 is 0 Å². The molecule has 0 saturated heterocycles. The minimum atomic E-state index is -0.817. The van der Waals surface area contributed by atoms with Crippen LogP contribution in [0.4, 0.5) is 11.4 Å².